The van der Waals surface area contributed by atoms with Crippen LogP contribution in [0.15, 0.2) is 45.6 Å². The molecule has 30 heavy (non-hydrogen) atoms. The minimum Gasteiger partial charge on any atom is -0.490 e. The molecule has 0 bridgehead atoms. The highest BCUT2D eigenvalue weighted by molar-refractivity contribution is 5.90. The van der Waals surface area contributed by atoms with Crippen LogP contribution in [0.3, 0.4) is 0 Å². The molecule has 0 saturated heterocycles. The quantitative estimate of drug-likeness (QED) is 0.425. The molecule has 0 aliphatic heterocycles. The van der Waals surface area contributed by atoms with Gasteiger partial charge >= 0.3 is 11.6 Å². The Bertz CT molecular complexity index is 1140. The molecule has 6 heteroatoms. The first-order chi connectivity index (χ1) is 14.6. The van der Waals surface area contributed by atoms with E-state index in [1.165, 1.54) is 17.2 Å². The molecule has 1 aliphatic rings. The second-order valence-electron chi connectivity index (χ2n) is 7.16. The Morgan fingerprint density at radius 1 is 0.967 bits per heavy atom. The number of esters is 1. The van der Waals surface area contributed by atoms with Gasteiger partial charge in [-0.2, -0.15) is 0 Å². The first-order valence-electron chi connectivity index (χ1n) is 10.2. The predicted molar refractivity (Wildman–Crippen MR) is 112 cm³/mol. The lowest BCUT2D eigenvalue weighted by molar-refractivity contribution is 0.0473. The molecule has 156 valence electrons. The molecule has 1 heterocycles. The van der Waals surface area contributed by atoms with Crippen molar-refractivity contribution in [2.24, 2.45) is 0 Å². The van der Waals surface area contributed by atoms with Gasteiger partial charge in [0.1, 0.15) is 12.2 Å². The average Bonchev–Trinajstić information content (AvgIpc) is 3.19. The maximum absolute atomic E-state index is 12.6. The number of rotatable bonds is 7. The molecule has 4 rings (SSSR count). The van der Waals surface area contributed by atoms with Gasteiger partial charge in [0.2, 0.25) is 0 Å². The maximum atomic E-state index is 12.6. The molecule has 0 radical (unpaired) electrons. The fourth-order valence-electron chi connectivity index (χ4n) is 3.82. The molecule has 0 spiro atoms. The Morgan fingerprint density at radius 2 is 1.70 bits per heavy atom. The van der Waals surface area contributed by atoms with Crippen molar-refractivity contribution in [3.05, 3.63) is 69.1 Å². The number of carbonyl (C=O) groups excluding carboxylic acids is 1. The molecule has 0 fully saturated rings. The van der Waals surface area contributed by atoms with Gasteiger partial charge in [-0.3, -0.25) is 0 Å². The van der Waals surface area contributed by atoms with E-state index in [-0.39, 0.29) is 6.61 Å². The Kier molecular flexibility index (Phi) is 5.74. The number of carbonyl (C=O) groups is 1. The smallest absolute Gasteiger partial charge is 0.338 e. The van der Waals surface area contributed by atoms with E-state index in [2.05, 4.69) is 0 Å². The summed E-state index contributed by atoms with van der Waals surface area (Å²) < 4.78 is 22.0. The van der Waals surface area contributed by atoms with Crippen molar-refractivity contribution in [3.8, 4) is 11.5 Å². The van der Waals surface area contributed by atoms with E-state index in [9.17, 15) is 9.59 Å². The lowest BCUT2D eigenvalue weighted by Crippen LogP contribution is -2.09. The summed E-state index contributed by atoms with van der Waals surface area (Å²) in [5.41, 5.74) is 3.56. The van der Waals surface area contributed by atoms with Gasteiger partial charge in [-0.25, -0.2) is 9.59 Å². The molecule has 2 aromatic carbocycles. The van der Waals surface area contributed by atoms with Crippen LogP contribution in [0.5, 0.6) is 11.5 Å². The van der Waals surface area contributed by atoms with Crippen LogP contribution < -0.4 is 15.1 Å². The maximum Gasteiger partial charge on any atom is 0.338 e. The minimum atomic E-state index is -0.499. The average molecular weight is 408 g/mol. The van der Waals surface area contributed by atoms with E-state index < -0.39 is 11.6 Å². The minimum absolute atomic E-state index is 0.0170. The van der Waals surface area contributed by atoms with Gasteiger partial charge < -0.3 is 18.6 Å². The van der Waals surface area contributed by atoms with Crippen LogP contribution in [-0.4, -0.2) is 19.2 Å². The van der Waals surface area contributed by atoms with Gasteiger partial charge in [-0.1, -0.05) is 0 Å². The van der Waals surface area contributed by atoms with E-state index in [1.807, 2.05) is 26.0 Å². The number of benzene rings is 2. The molecule has 0 unspecified atom stereocenters. The fourth-order valence-corrected chi connectivity index (χ4v) is 3.82. The molecular formula is C24H24O6. The lowest BCUT2D eigenvalue weighted by Gasteiger charge is -2.12. The molecule has 6 nitrogen and oxygen atoms in total. The number of ether oxygens (including phenoxy) is 3. The number of hydrogen-bond acceptors (Lipinski definition) is 6. The summed E-state index contributed by atoms with van der Waals surface area (Å²) in [7, 11) is 0. The number of fused-ring (bicyclic) bond motifs is 2. The molecule has 1 aliphatic carbocycles. The number of hydrogen-bond donors (Lipinski definition) is 0. The summed E-state index contributed by atoms with van der Waals surface area (Å²) in [6, 6.07) is 10.3. The molecule has 0 atom stereocenters. The van der Waals surface area contributed by atoms with Crippen LogP contribution in [0.25, 0.3) is 11.0 Å². The standard InChI is InChI=1S/C24H24O6/c1-3-27-20-9-8-17(12-22(20)28-4-2)24(26)29-14-18-13-23(25)30-21-11-16-7-5-6-15(16)10-19(18)21/h8-13H,3-7,14H2,1-2H3. The normalized spacial score (nSPS) is 12.6. The van der Waals surface area contributed by atoms with Gasteiger partial charge in [0, 0.05) is 17.0 Å². The fraction of sp³-hybridized carbons (Fsp3) is 0.333. The van der Waals surface area contributed by atoms with Crippen molar-refractivity contribution in [2.75, 3.05) is 13.2 Å². The van der Waals surface area contributed by atoms with Crippen LogP contribution in [0.1, 0.15) is 47.3 Å². The zero-order valence-corrected chi connectivity index (χ0v) is 17.2. The van der Waals surface area contributed by atoms with Crippen LogP contribution in [0.2, 0.25) is 0 Å². The van der Waals surface area contributed by atoms with Crippen molar-refractivity contribution in [1.82, 2.24) is 0 Å². The van der Waals surface area contributed by atoms with Gasteiger partial charge in [-0.05, 0) is 74.6 Å². The van der Waals surface area contributed by atoms with E-state index in [1.54, 1.807) is 18.2 Å². The summed E-state index contributed by atoms with van der Waals surface area (Å²) in [4.78, 5) is 24.6. The summed E-state index contributed by atoms with van der Waals surface area (Å²) >= 11 is 0. The zero-order chi connectivity index (χ0) is 21.1. The third-order valence-electron chi connectivity index (χ3n) is 5.18. The van der Waals surface area contributed by atoms with Gasteiger partial charge in [0.15, 0.2) is 11.5 Å². The SMILES string of the molecule is CCOc1ccc(C(=O)OCc2cc(=O)oc3cc4c(cc23)CCC4)cc1OCC. The van der Waals surface area contributed by atoms with Crippen molar-refractivity contribution in [2.45, 2.75) is 39.7 Å². The Balaban J connectivity index is 1.57. The third kappa shape index (κ3) is 4.03. The van der Waals surface area contributed by atoms with Crippen molar-refractivity contribution in [3.63, 3.8) is 0 Å². The molecule has 0 saturated carbocycles. The van der Waals surface area contributed by atoms with Crippen molar-refractivity contribution in [1.29, 1.82) is 0 Å². The van der Waals surface area contributed by atoms with E-state index in [4.69, 9.17) is 18.6 Å². The zero-order valence-electron chi connectivity index (χ0n) is 17.2. The topological polar surface area (TPSA) is 75.0 Å². The second kappa shape index (κ2) is 8.61. The van der Waals surface area contributed by atoms with E-state index >= 15 is 0 Å². The van der Waals surface area contributed by atoms with Crippen molar-refractivity contribution >= 4 is 16.9 Å². The number of aryl methyl sites for hydroxylation is 2. The molecular weight excluding hydrogens is 384 g/mol. The highest BCUT2D eigenvalue weighted by Crippen LogP contribution is 2.30. The molecule has 1 aromatic heterocycles. The molecule has 0 N–H and O–H groups in total. The Morgan fingerprint density at radius 3 is 2.47 bits per heavy atom. The Hall–Kier alpha value is -3.28. The van der Waals surface area contributed by atoms with Gasteiger partial charge in [0.25, 0.3) is 0 Å². The highest BCUT2D eigenvalue weighted by atomic mass is 16.5. The third-order valence-corrected chi connectivity index (χ3v) is 5.18. The molecule has 0 amide bonds. The lowest BCUT2D eigenvalue weighted by atomic mass is 10.0. The Labute approximate surface area is 174 Å². The molecule has 3 aromatic rings. The van der Waals surface area contributed by atoms with Crippen LogP contribution in [0, 0.1) is 0 Å². The summed E-state index contributed by atoms with van der Waals surface area (Å²) in [6.07, 6.45) is 3.10. The van der Waals surface area contributed by atoms with Crippen molar-refractivity contribution < 1.29 is 23.4 Å². The van der Waals surface area contributed by atoms with Crippen LogP contribution >= 0.6 is 0 Å². The first kappa shape index (κ1) is 20.0. The summed E-state index contributed by atoms with van der Waals surface area (Å²) in [5, 5.41) is 0.810. The monoisotopic (exact) mass is 408 g/mol. The summed E-state index contributed by atoms with van der Waals surface area (Å²) in [6.45, 7) is 4.68. The van der Waals surface area contributed by atoms with E-state index in [0.717, 1.165) is 24.6 Å². The van der Waals surface area contributed by atoms with Crippen LogP contribution in [0.4, 0.5) is 0 Å². The van der Waals surface area contributed by atoms with Gasteiger partial charge in [-0.15, -0.1) is 0 Å². The van der Waals surface area contributed by atoms with Crippen LogP contribution in [-0.2, 0) is 24.2 Å². The second-order valence-corrected chi connectivity index (χ2v) is 7.16. The summed E-state index contributed by atoms with van der Waals surface area (Å²) in [5.74, 6) is 0.577. The van der Waals surface area contributed by atoms with E-state index in [0.29, 0.717) is 41.4 Å². The highest BCUT2D eigenvalue weighted by Gasteiger charge is 2.17. The first-order valence-corrected chi connectivity index (χ1v) is 10.2. The largest absolute Gasteiger partial charge is 0.490 e. The predicted octanol–water partition coefficient (Wildman–Crippen LogP) is 4.44. The van der Waals surface area contributed by atoms with Gasteiger partial charge in [0.05, 0.1) is 18.8 Å².